The zero-order valence-electron chi connectivity index (χ0n) is 16.5. The molecule has 0 aliphatic rings. The summed E-state index contributed by atoms with van der Waals surface area (Å²) in [4.78, 5) is 12.5. The first-order chi connectivity index (χ1) is 14.8. The van der Waals surface area contributed by atoms with E-state index in [9.17, 15) is 4.79 Å². The van der Waals surface area contributed by atoms with E-state index in [0.29, 0.717) is 24.3 Å². The van der Waals surface area contributed by atoms with Crippen LogP contribution in [0.2, 0.25) is 0 Å². The van der Waals surface area contributed by atoms with Gasteiger partial charge in [-0.25, -0.2) is 4.79 Å². The van der Waals surface area contributed by atoms with Crippen molar-refractivity contribution in [2.45, 2.75) is 12.8 Å². The van der Waals surface area contributed by atoms with Gasteiger partial charge < -0.3 is 9.47 Å². The van der Waals surface area contributed by atoms with Crippen LogP contribution in [0.3, 0.4) is 0 Å². The summed E-state index contributed by atoms with van der Waals surface area (Å²) in [5, 5.41) is 0. The van der Waals surface area contributed by atoms with Crippen LogP contribution in [-0.2, 0) is 12.8 Å². The summed E-state index contributed by atoms with van der Waals surface area (Å²) in [6.45, 7) is 0. The molecule has 148 valence electrons. The maximum atomic E-state index is 12.5. The van der Waals surface area contributed by atoms with Gasteiger partial charge in [0, 0.05) is 12.8 Å². The lowest BCUT2D eigenvalue weighted by Crippen LogP contribution is -2.15. The van der Waals surface area contributed by atoms with Crippen molar-refractivity contribution in [3.8, 4) is 11.5 Å². The van der Waals surface area contributed by atoms with Gasteiger partial charge in [-0.15, -0.1) is 0 Å². The Morgan fingerprint density at radius 2 is 0.867 bits per heavy atom. The molecule has 0 N–H and O–H groups in total. The minimum atomic E-state index is -0.740. The number of hydrogen-bond acceptors (Lipinski definition) is 3. The molecular formula is C27H22O3. The van der Waals surface area contributed by atoms with Crippen molar-refractivity contribution in [2.24, 2.45) is 0 Å². The average Bonchev–Trinajstić information content (AvgIpc) is 2.78. The molecule has 4 aromatic carbocycles. The van der Waals surface area contributed by atoms with E-state index in [1.54, 1.807) is 12.1 Å². The Morgan fingerprint density at radius 1 is 0.500 bits per heavy atom. The Labute approximate surface area is 176 Å². The number of benzene rings is 4. The molecule has 0 radical (unpaired) electrons. The topological polar surface area (TPSA) is 35.5 Å². The second-order valence-corrected chi connectivity index (χ2v) is 6.99. The zero-order chi connectivity index (χ0) is 20.6. The average molecular weight is 394 g/mol. The van der Waals surface area contributed by atoms with Gasteiger partial charge in [0.2, 0.25) is 0 Å². The van der Waals surface area contributed by atoms with Crippen LogP contribution in [0.15, 0.2) is 109 Å². The van der Waals surface area contributed by atoms with Crippen LogP contribution in [0, 0.1) is 0 Å². The fourth-order valence-electron chi connectivity index (χ4n) is 3.33. The van der Waals surface area contributed by atoms with Crippen molar-refractivity contribution in [3.05, 3.63) is 131 Å². The molecule has 4 rings (SSSR count). The summed E-state index contributed by atoms with van der Waals surface area (Å²) in [6, 6.07) is 35.2. The molecule has 0 aromatic heterocycles. The summed E-state index contributed by atoms with van der Waals surface area (Å²) in [7, 11) is 0. The van der Waals surface area contributed by atoms with Crippen LogP contribution < -0.4 is 9.47 Å². The van der Waals surface area contributed by atoms with E-state index in [1.165, 1.54) is 0 Å². The van der Waals surface area contributed by atoms with E-state index in [1.807, 2.05) is 72.8 Å². The van der Waals surface area contributed by atoms with Gasteiger partial charge >= 0.3 is 6.16 Å². The molecular weight excluding hydrogens is 372 g/mol. The standard InChI is InChI=1S/C27H22O3/c28-27(29-25-17-9-7-15-23(25)19-21-11-3-1-4-12-21)30-26-18-10-8-16-24(26)20-22-13-5-2-6-14-22/h1-18H,19-20H2. The molecule has 3 nitrogen and oxygen atoms in total. The molecule has 0 amide bonds. The van der Waals surface area contributed by atoms with Crippen LogP contribution in [-0.4, -0.2) is 6.16 Å². The Kier molecular flexibility index (Phi) is 6.21. The molecule has 0 aliphatic heterocycles. The summed E-state index contributed by atoms with van der Waals surface area (Å²) in [6.07, 6.45) is 0.611. The molecule has 0 fully saturated rings. The quantitative estimate of drug-likeness (QED) is 0.279. The van der Waals surface area contributed by atoms with Crippen LogP contribution >= 0.6 is 0 Å². The molecule has 0 atom stereocenters. The minimum Gasteiger partial charge on any atom is -0.394 e. The number of carbonyl (C=O) groups excluding carboxylic acids is 1. The maximum absolute atomic E-state index is 12.5. The Morgan fingerprint density at radius 3 is 1.30 bits per heavy atom. The largest absolute Gasteiger partial charge is 0.519 e. The van der Waals surface area contributed by atoms with Crippen LogP contribution in [0.4, 0.5) is 4.79 Å². The lowest BCUT2D eigenvalue weighted by Gasteiger charge is -2.12. The lowest BCUT2D eigenvalue weighted by atomic mass is 10.0. The fourth-order valence-corrected chi connectivity index (χ4v) is 3.33. The van der Waals surface area contributed by atoms with E-state index >= 15 is 0 Å². The highest BCUT2D eigenvalue weighted by molar-refractivity contribution is 5.68. The number of carbonyl (C=O) groups is 1. The number of para-hydroxylation sites is 2. The van der Waals surface area contributed by atoms with E-state index in [-0.39, 0.29) is 0 Å². The number of hydrogen-bond donors (Lipinski definition) is 0. The zero-order valence-corrected chi connectivity index (χ0v) is 16.5. The first kappa shape index (κ1) is 19.5. The van der Waals surface area contributed by atoms with Crippen molar-refractivity contribution in [1.82, 2.24) is 0 Å². The first-order valence-corrected chi connectivity index (χ1v) is 9.91. The second-order valence-electron chi connectivity index (χ2n) is 6.99. The van der Waals surface area contributed by atoms with Crippen molar-refractivity contribution in [3.63, 3.8) is 0 Å². The molecule has 0 spiro atoms. The van der Waals surface area contributed by atoms with E-state index in [0.717, 1.165) is 22.3 Å². The van der Waals surface area contributed by atoms with Crippen LogP contribution in [0.5, 0.6) is 11.5 Å². The summed E-state index contributed by atoms with van der Waals surface area (Å²) in [5.74, 6) is 1.01. The van der Waals surface area contributed by atoms with Crippen LogP contribution in [0.1, 0.15) is 22.3 Å². The monoisotopic (exact) mass is 394 g/mol. The molecule has 0 saturated heterocycles. The van der Waals surface area contributed by atoms with Gasteiger partial charge in [0.1, 0.15) is 11.5 Å². The molecule has 0 aliphatic carbocycles. The van der Waals surface area contributed by atoms with Gasteiger partial charge in [-0.1, -0.05) is 97.1 Å². The van der Waals surface area contributed by atoms with Crippen molar-refractivity contribution in [2.75, 3.05) is 0 Å². The summed E-state index contributed by atoms with van der Waals surface area (Å²) >= 11 is 0. The SMILES string of the molecule is O=C(Oc1ccccc1Cc1ccccc1)Oc1ccccc1Cc1ccccc1. The van der Waals surface area contributed by atoms with Gasteiger partial charge in [0.05, 0.1) is 0 Å². The molecule has 0 heterocycles. The number of ether oxygens (including phenoxy) is 2. The van der Waals surface area contributed by atoms with Gasteiger partial charge in [-0.3, -0.25) is 0 Å². The Balaban J connectivity index is 1.47. The highest BCUT2D eigenvalue weighted by Crippen LogP contribution is 2.25. The first-order valence-electron chi connectivity index (χ1n) is 9.91. The minimum absolute atomic E-state index is 0.506. The molecule has 3 heteroatoms. The molecule has 0 saturated carbocycles. The second kappa shape index (κ2) is 9.57. The van der Waals surface area contributed by atoms with Gasteiger partial charge in [-0.2, -0.15) is 0 Å². The fraction of sp³-hybridized carbons (Fsp3) is 0.0741. The number of rotatable bonds is 6. The summed E-state index contributed by atoms with van der Waals surface area (Å²) < 4.78 is 11.1. The molecule has 4 aromatic rings. The third-order valence-corrected chi connectivity index (χ3v) is 4.81. The van der Waals surface area contributed by atoms with Crippen molar-refractivity contribution < 1.29 is 14.3 Å². The van der Waals surface area contributed by atoms with Crippen LogP contribution in [0.25, 0.3) is 0 Å². The van der Waals surface area contributed by atoms with Crippen molar-refractivity contribution >= 4 is 6.16 Å². The van der Waals surface area contributed by atoms with Crippen molar-refractivity contribution in [1.29, 1.82) is 0 Å². The summed E-state index contributed by atoms with van der Waals surface area (Å²) in [5.41, 5.74) is 4.15. The third-order valence-electron chi connectivity index (χ3n) is 4.81. The predicted octanol–water partition coefficient (Wildman–Crippen LogP) is 6.45. The van der Waals surface area contributed by atoms with E-state index < -0.39 is 6.16 Å². The van der Waals surface area contributed by atoms with E-state index in [2.05, 4.69) is 24.3 Å². The smallest absolute Gasteiger partial charge is 0.394 e. The van der Waals surface area contributed by atoms with Gasteiger partial charge in [0.25, 0.3) is 0 Å². The highest BCUT2D eigenvalue weighted by atomic mass is 16.7. The molecule has 0 bridgehead atoms. The predicted molar refractivity (Wildman–Crippen MR) is 118 cm³/mol. The van der Waals surface area contributed by atoms with E-state index in [4.69, 9.17) is 9.47 Å². The Bertz CT molecular complexity index is 1020. The third kappa shape index (κ3) is 5.15. The highest BCUT2D eigenvalue weighted by Gasteiger charge is 2.14. The van der Waals surface area contributed by atoms with Gasteiger partial charge in [-0.05, 0) is 34.4 Å². The Hall–Kier alpha value is -3.85. The normalized spacial score (nSPS) is 10.4. The lowest BCUT2D eigenvalue weighted by molar-refractivity contribution is 0.151. The maximum Gasteiger partial charge on any atom is 0.519 e. The molecule has 0 unspecified atom stereocenters. The van der Waals surface area contributed by atoms with Gasteiger partial charge in [0.15, 0.2) is 0 Å². The molecule has 30 heavy (non-hydrogen) atoms.